The number of ether oxygens (including phenoxy) is 1. The van der Waals surface area contributed by atoms with Crippen LogP contribution in [0.1, 0.15) is 19.3 Å². The van der Waals surface area contributed by atoms with Crippen molar-refractivity contribution in [1.29, 1.82) is 0 Å². The van der Waals surface area contributed by atoms with Gasteiger partial charge in [-0.05, 0) is 31.9 Å². The summed E-state index contributed by atoms with van der Waals surface area (Å²) in [5.74, 6) is 0.603. The van der Waals surface area contributed by atoms with E-state index in [9.17, 15) is 0 Å². The zero-order chi connectivity index (χ0) is 12.1. The van der Waals surface area contributed by atoms with Crippen LogP contribution < -0.4 is 5.73 Å². The van der Waals surface area contributed by atoms with Gasteiger partial charge in [-0.1, -0.05) is 0 Å². The van der Waals surface area contributed by atoms with Crippen LogP contribution in [0.3, 0.4) is 0 Å². The van der Waals surface area contributed by atoms with Gasteiger partial charge in [0.15, 0.2) is 0 Å². The molecule has 96 valence electrons. The molecule has 1 aliphatic rings. The Kier molecular flexibility index (Phi) is 4.39. The molecule has 0 unspecified atom stereocenters. The molecule has 1 aliphatic heterocycles. The Hall–Kier alpha value is -1.07. The van der Waals surface area contributed by atoms with Gasteiger partial charge in [0.2, 0.25) is 0 Å². The van der Waals surface area contributed by atoms with Crippen molar-refractivity contribution in [3.05, 3.63) is 12.3 Å². The molecule has 17 heavy (non-hydrogen) atoms. The van der Waals surface area contributed by atoms with E-state index in [1.54, 1.807) is 0 Å². The van der Waals surface area contributed by atoms with Crippen LogP contribution in [0.25, 0.3) is 0 Å². The Bertz CT molecular complexity index is 331. The lowest BCUT2D eigenvalue weighted by molar-refractivity contribution is 0.0405. The average Bonchev–Trinajstić information content (AvgIpc) is 2.76. The second-order valence-electron chi connectivity index (χ2n) is 4.63. The molecule has 0 amide bonds. The molecule has 1 aromatic rings. The number of likely N-dealkylation sites (tertiary alicyclic amines) is 1. The third-order valence-corrected chi connectivity index (χ3v) is 3.39. The number of piperidine rings is 1. The summed E-state index contributed by atoms with van der Waals surface area (Å²) in [6, 6.07) is 1.84. The third-order valence-electron chi connectivity index (χ3n) is 3.39. The highest BCUT2D eigenvalue weighted by Crippen LogP contribution is 2.13. The minimum atomic E-state index is 0.470. The topological polar surface area (TPSA) is 56.3 Å². The van der Waals surface area contributed by atoms with Crippen molar-refractivity contribution in [3.63, 3.8) is 0 Å². The molecule has 2 heterocycles. The molecule has 2 N–H and O–H groups in total. The third kappa shape index (κ3) is 3.71. The van der Waals surface area contributed by atoms with Gasteiger partial charge in [0.1, 0.15) is 5.82 Å². The highest BCUT2D eigenvalue weighted by Gasteiger charge is 2.17. The van der Waals surface area contributed by atoms with E-state index in [1.807, 2.05) is 24.1 Å². The van der Waals surface area contributed by atoms with Crippen molar-refractivity contribution in [2.24, 2.45) is 0 Å². The lowest BCUT2D eigenvalue weighted by Crippen LogP contribution is -2.37. The van der Waals surface area contributed by atoms with E-state index in [4.69, 9.17) is 10.5 Å². The fourth-order valence-electron chi connectivity index (χ4n) is 2.33. The quantitative estimate of drug-likeness (QED) is 0.830. The van der Waals surface area contributed by atoms with Crippen LogP contribution in [0, 0.1) is 0 Å². The highest BCUT2D eigenvalue weighted by atomic mass is 16.5. The maximum atomic E-state index is 5.57. The molecule has 1 aromatic heterocycles. The molecule has 1 fully saturated rings. The van der Waals surface area contributed by atoms with Crippen molar-refractivity contribution in [2.75, 3.05) is 32.5 Å². The number of anilines is 1. The largest absolute Gasteiger partial charge is 0.382 e. The number of methoxy groups -OCH3 is 1. The monoisotopic (exact) mass is 238 g/mol. The molecule has 0 bridgehead atoms. The fourth-order valence-corrected chi connectivity index (χ4v) is 2.33. The van der Waals surface area contributed by atoms with Crippen molar-refractivity contribution in [1.82, 2.24) is 14.7 Å². The molecule has 2 rings (SSSR count). The first-order valence-corrected chi connectivity index (χ1v) is 6.32. The maximum absolute atomic E-state index is 5.57. The Morgan fingerprint density at radius 2 is 2.18 bits per heavy atom. The van der Waals surface area contributed by atoms with Crippen molar-refractivity contribution in [3.8, 4) is 0 Å². The first-order chi connectivity index (χ1) is 8.28. The summed E-state index contributed by atoms with van der Waals surface area (Å²) in [5.41, 5.74) is 5.57. The van der Waals surface area contributed by atoms with Gasteiger partial charge in [0, 0.05) is 32.9 Å². The molecule has 0 radical (unpaired) electrons. The number of nitrogen functional groups attached to an aromatic ring is 1. The number of aromatic nitrogens is 2. The van der Waals surface area contributed by atoms with E-state index in [1.165, 1.54) is 0 Å². The number of aryl methyl sites for hydroxylation is 1. The smallest absolute Gasteiger partial charge is 0.145 e. The number of hydrogen-bond donors (Lipinski definition) is 1. The molecular formula is C12H22N4O. The number of hydrogen-bond acceptors (Lipinski definition) is 4. The van der Waals surface area contributed by atoms with E-state index in [-0.39, 0.29) is 0 Å². The van der Waals surface area contributed by atoms with Crippen molar-refractivity contribution in [2.45, 2.75) is 31.9 Å². The standard InChI is InChI=1S/C12H22N4O/c1-17-11-3-8-15(9-4-11)6-2-7-16-10-5-12(13)14-16/h5,10-11H,2-4,6-9H2,1H3,(H2,13,14). The molecule has 5 heteroatoms. The zero-order valence-corrected chi connectivity index (χ0v) is 10.5. The van der Waals surface area contributed by atoms with E-state index in [0.29, 0.717) is 11.9 Å². The van der Waals surface area contributed by atoms with Crippen molar-refractivity contribution >= 4 is 5.82 Å². The first kappa shape index (κ1) is 12.4. The SMILES string of the molecule is COC1CCN(CCCn2ccc(N)n2)CC1. The molecule has 0 atom stereocenters. The summed E-state index contributed by atoms with van der Waals surface area (Å²) >= 11 is 0. The highest BCUT2D eigenvalue weighted by molar-refractivity contribution is 5.23. The van der Waals surface area contributed by atoms with Crippen LogP contribution in [-0.2, 0) is 11.3 Å². The van der Waals surface area contributed by atoms with E-state index >= 15 is 0 Å². The summed E-state index contributed by atoms with van der Waals surface area (Å²) in [6.45, 7) is 4.39. The molecule has 0 aromatic carbocycles. The van der Waals surface area contributed by atoms with E-state index < -0.39 is 0 Å². The summed E-state index contributed by atoms with van der Waals surface area (Å²) in [6.07, 6.45) is 5.85. The minimum absolute atomic E-state index is 0.470. The zero-order valence-electron chi connectivity index (χ0n) is 10.5. The van der Waals surface area contributed by atoms with E-state index in [0.717, 1.165) is 45.4 Å². The molecule has 5 nitrogen and oxygen atoms in total. The molecule has 0 aliphatic carbocycles. The Balaban J connectivity index is 1.63. The number of nitrogens with two attached hydrogens (primary N) is 1. The first-order valence-electron chi connectivity index (χ1n) is 6.32. The maximum Gasteiger partial charge on any atom is 0.145 e. The normalized spacial score (nSPS) is 18.6. The molecule has 0 spiro atoms. The van der Waals surface area contributed by atoms with Crippen LogP contribution in [0.15, 0.2) is 12.3 Å². The average molecular weight is 238 g/mol. The summed E-state index contributed by atoms with van der Waals surface area (Å²) in [7, 11) is 1.81. The summed E-state index contributed by atoms with van der Waals surface area (Å²) < 4.78 is 7.28. The van der Waals surface area contributed by atoms with Crippen LogP contribution in [0.5, 0.6) is 0 Å². The van der Waals surface area contributed by atoms with Gasteiger partial charge in [0.05, 0.1) is 6.10 Å². The summed E-state index contributed by atoms with van der Waals surface area (Å²) in [4.78, 5) is 2.50. The predicted octanol–water partition coefficient (Wildman–Crippen LogP) is 0.966. The number of rotatable bonds is 5. The van der Waals surface area contributed by atoms with Gasteiger partial charge in [-0.15, -0.1) is 0 Å². The Labute approximate surface area is 103 Å². The predicted molar refractivity (Wildman–Crippen MR) is 67.7 cm³/mol. The van der Waals surface area contributed by atoms with Crippen LogP contribution in [-0.4, -0.2) is 47.5 Å². The minimum Gasteiger partial charge on any atom is -0.382 e. The molecule has 1 saturated heterocycles. The van der Waals surface area contributed by atoms with E-state index in [2.05, 4.69) is 10.00 Å². The van der Waals surface area contributed by atoms with Gasteiger partial charge >= 0.3 is 0 Å². The van der Waals surface area contributed by atoms with Gasteiger partial charge in [0.25, 0.3) is 0 Å². The Morgan fingerprint density at radius 3 is 2.76 bits per heavy atom. The van der Waals surface area contributed by atoms with Gasteiger partial charge in [-0.25, -0.2) is 0 Å². The van der Waals surface area contributed by atoms with Crippen LogP contribution >= 0.6 is 0 Å². The summed E-state index contributed by atoms with van der Waals surface area (Å²) in [5, 5.41) is 4.17. The van der Waals surface area contributed by atoms with Gasteiger partial charge in [-0.3, -0.25) is 4.68 Å². The number of nitrogens with zero attached hydrogens (tertiary/aromatic N) is 3. The molecule has 0 saturated carbocycles. The van der Waals surface area contributed by atoms with Crippen LogP contribution in [0.4, 0.5) is 5.82 Å². The van der Waals surface area contributed by atoms with Gasteiger partial charge in [-0.2, -0.15) is 5.10 Å². The van der Waals surface area contributed by atoms with Crippen molar-refractivity contribution < 1.29 is 4.74 Å². The fraction of sp³-hybridized carbons (Fsp3) is 0.750. The van der Waals surface area contributed by atoms with Crippen LogP contribution in [0.2, 0.25) is 0 Å². The Morgan fingerprint density at radius 1 is 1.41 bits per heavy atom. The second kappa shape index (κ2) is 6.02. The van der Waals surface area contributed by atoms with Gasteiger partial charge < -0.3 is 15.4 Å². The molecular weight excluding hydrogens is 216 g/mol. The lowest BCUT2D eigenvalue weighted by Gasteiger charge is -2.31. The second-order valence-corrected chi connectivity index (χ2v) is 4.63. The lowest BCUT2D eigenvalue weighted by atomic mass is 10.1.